The van der Waals surface area contributed by atoms with E-state index in [0.29, 0.717) is 34.6 Å². The average Bonchev–Trinajstić information content (AvgIpc) is 3.37. The van der Waals surface area contributed by atoms with Gasteiger partial charge in [-0.1, -0.05) is 13.8 Å². The Morgan fingerprint density at radius 2 is 1.76 bits per heavy atom. The predicted molar refractivity (Wildman–Crippen MR) is 146 cm³/mol. The monoisotopic (exact) mass is 529 g/mol. The van der Waals surface area contributed by atoms with Crippen LogP contribution in [0.5, 0.6) is 5.75 Å². The van der Waals surface area contributed by atoms with Crippen molar-refractivity contribution in [2.45, 2.75) is 91.5 Å². The van der Waals surface area contributed by atoms with Gasteiger partial charge in [0.05, 0.1) is 30.1 Å². The summed E-state index contributed by atoms with van der Waals surface area (Å²) in [5.74, 6) is 0.521. The molecule has 11 heteroatoms. The number of amides is 2. The SMILES string of the molecule is COc1cc(NC(=O)C(CC(C)C)N(C(=O)O)C(C)(C)C)c(B2OC(C)(C)C(C)(C)O2)cc1-c1cnco1. The topological polar surface area (TPSA) is 123 Å². The maximum absolute atomic E-state index is 13.8. The third-order valence-electron chi connectivity index (χ3n) is 7.07. The van der Waals surface area contributed by atoms with Gasteiger partial charge in [-0.05, 0) is 66.9 Å². The fourth-order valence-corrected chi connectivity index (χ4v) is 4.46. The molecule has 2 N–H and O–H groups in total. The molecule has 1 fully saturated rings. The number of methoxy groups -OCH3 is 1. The van der Waals surface area contributed by atoms with E-state index in [1.807, 2.05) is 41.5 Å². The quantitative estimate of drug-likeness (QED) is 0.469. The highest BCUT2D eigenvalue weighted by Crippen LogP contribution is 2.39. The molecule has 0 spiro atoms. The lowest BCUT2D eigenvalue weighted by Crippen LogP contribution is -2.56. The summed E-state index contributed by atoms with van der Waals surface area (Å²) in [6.45, 7) is 17.0. The number of nitrogens with zero attached hydrogens (tertiary/aromatic N) is 2. The highest BCUT2D eigenvalue weighted by molar-refractivity contribution is 6.64. The second kappa shape index (κ2) is 10.6. The Bertz CT molecular complexity index is 1140. The first kappa shape index (κ1) is 29.5. The highest BCUT2D eigenvalue weighted by atomic mass is 16.7. The molecule has 208 valence electrons. The third kappa shape index (κ3) is 5.99. The van der Waals surface area contributed by atoms with Gasteiger partial charge in [0.15, 0.2) is 12.2 Å². The van der Waals surface area contributed by atoms with E-state index in [2.05, 4.69) is 10.3 Å². The number of carbonyl (C=O) groups excluding carboxylic acids is 1. The Labute approximate surface area is 225 Å². The summed E-state index contributed by atoms with van der Waals surface area (Å²) in [4.78, 5) is 31.3. The smallest absolute Gasteiger partial charge is 0.496 e. The summed E-state index contributed by atoms with van der Waals surface area (Å²) in [5.41, 5.74) is -0.513. The van der Waals surface area contributed by atoms with Crippen molar-refractivity contribution in [3.8, 4) is 17.1 Å². The molecule has 0 bridgehead atoms. The van der Waals surface area contributed by atoms with E-state index in [0.717, 1.165) is 0 Å². The molecule has 10 nitrogen and oxygen atoms in total. The molecule has 1 aromatic carbocycles. The zero-order chi connectivity index (χ0) is 28.6. The van der Waals surface area contributed by atoms with E-state index < -0.39 is 41.9 Å². The lowest BCUT2D eigenvalue weighted by Gasteiger charge is -2.39. The molecule has 1 aliphatic rings. The number of anilines is 1. The zero-order valence-electron chi connectivity index (χ0n) is 24.0. The van der Waals surface area contributed by atoms with Crippen LogP contribution in [0, 0.1) is 5.92 Å². The van der Waals surface area contributed by atoms with E-state index in [1.54, 1.807) is 39.1 Å². The van der Waals surface area contributed by atoms with Crippen molar-refractivity contribution in [2.75, 3.05) is 12.4 Å². The minimum Gasteiger partial charge on any atom is -0.496 e. The fraction of sp³-hybridized carbons (Fsp3) is 0.593. The molecule has 38 heavy (non-hydrogen) atoms. The number of carboxylic acid groups (broad SMARTS) is 1. The van der Waals surface area contributed by atoms with E-state index in [9.17, 15) is 14.7 Å². The van der Waals surface area contributed by atoms with E-state index in [1.165, 1.54) is 18.4 Å². The number of carbonyl (C=O) groups is 2. The van der Waals surface area contributed by atoms with E-state index in [-0.39, 0.29) is 5.92 Å². The van der Waals surface area contributed by atoms with Crippen LogP contribution in [-0.2, 0) is 14.1 Å². The fourth-order valence-electron chi connectivity index (χ4n) is 4.46. The zero-order valence-corrected chi connectivity index (χ0v) is 24.0. The van der Waals surface area contributed by atoms with Crippen LogP contribution in [0.2, 0.25) is 0 Å². The predicted octanol–water partition coefficient (Wildman–Crippen LogP) is 4.78. The largest absolute Gasteiger partial charge is 0.497 e. The summed E-state index contributed by atoms with van der Waals surface area (Å²) in [7, 11) is 0.701. The van der Waals surface area contributed by atoms with Crippen LogP contribution in [0.4, 0.5) is 10.5 Å². The molecule has 0 radical (unpaired) electrons. The number of ether oxygens (including phenoxy) is 1. The molecule has 0 saturated carbocycles. The van der Waals surface area contributed by atoms with Crippen molar-refractivity contribution in [3.63, 3.8) is 0 Å². The van der Waals surface area contributed by atoms with Crippen molar-refractivity contribution in [2.24, 2.45) is 5.92 Å². The molecule has 0 aliphatic carbocycles. The first-order valence-corrected chi connectivity index (χ1v) is 12.8. The number of benzene rings is 1. The minimum atomic E-state index is -1.16. The lowest BCUT2D eigenvalue weighted by atomic mass is 9.76. The second-order valence-electron chi connectivity index (χ2n) is 12.1. The van der Waals surface area contributed by atoms with Crippen LogP contribution in [0.1, 0.15) is 68.7 Å². The second-order valence-corrected chi connectivity index (χ2v) is 12.1. The number of oxazole rings is 1. The van der Waals surface area contributed by atoms with Crippen LogP contribution < -0.4 is 15.5 Å². The van der Waals surface area contributed by atoms with Gasteiger partial charge >= 0.3 is 13.2 Å². The van der Waals surface area contributed by atoms with Gasteiger partial charge in [-0.25, -0.2) is 9.78 Å². The molecule has 2 aromatic rings. The maximum Gasteiger partial charge on any atom is 0.497 e. The van der Waals surface area contributed by atoms with Gasteiger partial charge in [0.25, 0.3) is 0 Å². The Morgan fingerprint density at radius 3 is 2.21 bits per heavy atom. The van der Waals surface area contributed by atoms with Gasteiger partial charge in [0.2, 0.25) is 5.91 Å². The van der Waals surface area contributed by atoms with Gasteiger partial charge in [0, 0.05) is 22.8 Å². The van der Waals surface area contributed by atoms with E-state index in [4.69, 9.17) is 18.5 Å². The molecule has 2 heterocycles. The normalized spacial score (nSPS) is 17.4. The molecule has 1 unspecified atom stereocenters. The van der Waals surface area contributed by atoms with Crippen molar-refractivity contribution in [3.05, 3.63) is 24.7 Å². The standard InChI is InChI=1S/C27H40BN3O7/c1-16(2)11-20(31(24(33)34)25(3,4)5)23(32)30-19-13-21(35-10)17(22-14-29-15-36-22)12-18(19)28-37-26(6,7)27(8,9)38-28/h12-16,20H,11H2,1-10H3,(H,30,32)(H,33,34). The van der Waals surface area contributed by atoms with Crippen molar-refractivity contribution >= 4 is 30.3 Å². The molecule has 2 amide bonds. The number of nitrogens with one attached hydrogen (secondary N) is 1. The van der Waals surface area contributed by atoms with Crippen molar-refractivity contribution < 1.29 is 33.2 Å². The molecular formula is C27H40BN3O7. The number of rotatable bonds is 8. The van der Waals surface area contributed by atoms with Crippen molar-refractivity contribution in [1.82, 2.24) is 9.88 Å². The lowest BCUT2D eigenvalue weighted by molar-refractivity contribution is -0.123. The van der Waals surface area contributed by atoms with Gasteiger partial charge in [-0.2, -0.15) is 0 Å². The van der Waals surface area contributed by atoms with Crippen molar-refractivity contribution in [1.29, 1.82) is 0 Å². The maximum atomic E-state index is 13.8. The Hall–Kier alpha value is -3.05. The Balaban J connectivity index is 2.13. The Kier molecular flexibility index (Phi) is 8.24. The van der Waals surface area contributed by atoms with Gasteiger partial charge < -0.3 is 28.9 Å². The number of hydrogen-bond acceptors (Lipinski definition) is 7. The number of hydrogen-bond donors (Lipinski definition) is 2. The third-order valence-corrected chi connectivity index (χ3v) is 7.07. The van der Waals surface area contributed by atoms with Gasteiger partial charge in [-0.3, -0.25) is 9.69 Å². The van der Waals surface area contributed by atoms with E-state index >= 15 is 0 Å². The van der Waals surface area contributed by atoms with Crippen LogP contribution >= 0.6 is 0 Å². The first-order chi connectivity index (χ1) is 17.5. The molecule has 1 saturated heterocycles. The van der Waals surface area contributed by atoms with Gasteiger partial charge in [0.1, 0.15) is 11.8 Å². The molecule has 1 aliphatic heterocycles. The highest BCUT2D eigenvalue weighted by Gasteiger charge is 2.52. The first-order valence-electron chi connectivity index (χ1n) is 12.8. The summed E-state index contributed by atoms with van der Waals surface area (Å²) < 4.78 is 23.8. The summed E-state index contributed by atoms with van der Waals surface area (Å²) >= 11 is 0. The summed E-state index contributed by atoms with van der Waals surface area (Å²) in [5, 5.41) is 13.0. The van der Waals surface area contributed by atoms with Crippen LogP contribution in [0.15, 0.2) is 29.1 Å². The van der Waals surface area contributed by atoms with Gasteiger partial charge in [-0.15, -0.1) is 0 Å². The average molecular weight is 529 g/mol. The molecule has 3 rings (SSSR count). The minimum absolute atomic E-state index is 0.0703. The molecular weight excluding hydrogens is 489 g/mol. The molecule has 1 aromatic heterocycles. The Morgan fingerprint density at radius 1 is 1.16 bits per heavy atom. The summed E-state index contributed by atoms with van der Waals surface area (Å²) in [6.07, 6.45) is 2.07. The number of aromatic nitrogens is 1. The van der Waals surface area contributed by atoms with Crippen LogP contribution in [-0.4, -0.2) is 64.0 Å². The van der Waals surface area contributed by atoms with Crippen LogP contribution in [0.25, 0.3) is 11.3 Å². The summed E-state index contributed by atoms with van der Waals surface area (Å²) in [6, 6.07) is 2.52. The molecule has 1 atom stereocenters. The van der Waals surface area contributed by atoms with Crippen LogP contribution in [0.3, 0.4) is 0 Å².